The molecule has 0 radical (unpaired) electrons. The zero-order valence-corrected chi connectivity index (χ0v) is 19.0. The Kier molecular flexibility index (Phi) is 5.85. The molecule has 1 aliphatic rings. The fourth-order valence-corrected chi connectivity index (χ4v) is 4.31. The number of fused-ring (bicyclic) bond motifs is 1. The first-order valence-corrected chi connectivity index (χ1v) is 11.0. The highest BCUT2D eigenvalue weighted by Crippen LogP contribution is 2.36. The number of methoxy groups -OCH3 is 1. The number of H-pyrrole nitrogens is 1. The van der Waals surface area contributed by atoms with E-state index < -0.39 is 0 Å². The van der Waals surface area contributed by atoms with Crippen molar-refractivity contribution in [2.75, 3.05) is 32.1 Å². The molecule has 174 valence electrons. The van der Waals surface area contributed by atoms with E-state index in [-0.39, 0.29) is 11.7 Å². The standard InChI is InChI=1S/C25H25FN6O2/c1-31-14-18(13-28-31)29-24(33)15-32-9-6-16(7-10-32)22-12-21-19(5-8-27-25(21)30-22)20-11-17(26)3-4-23(20)34-2/h3-6,8,11-14H,7,9-10,15H2,1-2H3,(H,27,30)(H,29,33). The van der Waals surface area contributed by atoms with Crippen LogP contribution in [0.4, 0.5) is 10.1 Å². The molecular weight excluding hydrogens is 435 g/mol. The molecule has 4 aromatic rings. The van der Waals surface area contributed by atoms with Crippen LogP contribution in [0.5, 0.6) is 5.75 Å². The molecule has 0 bridgehead atoms. The van der Waals surface area contributed by atoms with Gasteiger partial charge in [0.05, 0.1) is 25.5 Å². The van der Waals surface area contributed by atoms with E-state index in [1.54, 1.807) is 36.4 Å². The van der Waals surface area contributed by atoms with Crippen LogP contribution in [0.3, 0.4) is 0 Å². The van der Waals surface area contributed by atoms with Gasteiger partial charge in [-0.05, 0) is 47.9 Å². The van der Waals surface area contributed by atoms with Crippen LogP contribution in [0.15, 0.2) is 55.0 Å². The first kappa shape index (κ1) is 21.8. The number of aryl methyl sites for hydroxylation is 1. The van der Waals surface area contributed by atoms with Crippen LogP contribution >= 0.6 is 0 Å². The number of carbonyl (C=O) groups is 1. The molecule has 0 aliphatic carbocycles. The lowest BCUT2D eigenvalue weighted by Crippen LogP contribution is -2.36. The fourth-order valence-electron chi connectivity index (χ4n) is 4.31. The summed E-state index contributed by atoms with van der Waals surface area (Å²) in [4.78, 5) is 22.3. The number of nitrogens with zero attached hydrogens (tertiary/aromatic N) is 4. The van der Waals surface area contributed by atoms with Crippen LogP contribution in [-0.2, 0) is 11.8 Å². The zero-order chi connectivity index (χ0) is 23.7. The maximum absolute atomic E-state index is 14.0. The summed E-state index contributed by atoms with van der Waals surface area (Å²) in [7, 11) is 3.39. The van der Waals surface area contributed by atoms with Crippen molar-refractivity contribution in [3.05, 3.63) is 66.5 Å². The van der Waals surface area contributed by atoms with E-state index in [9.17, 15) is 9.18 Å². The van der Waals surface area contributed by atoms with E-state index in [2.05, 4.69) is 37.4 Å². The molecule has 4 heterocycles. The number of aromatic nitrogens is 4. The van der Waals surface area contributed by atoms with Gasteiger partial charge in [0.1, 0.15) is 17.2 Å². The maximum atomic E-state index is 14.0. The number of carbonyl (C=O) groups excluding carboxylic acids is 1. The zero-order valence-electron chi connectivity index (χ0n) is 19.0. The highest BCUT2D eigenvalue weighted by atomic mass is 19.1. The van der Waals surface area contributed by atoms with Gasteiger partial charge in [-0.15, -0.1) is 0 Å². The van der Waals surface area contributed by atoms with Gasteiger partial charge < -0.3 is 15.0 Å². The molecule has 5 rings (SSSR count). The summed E-state index contributed by atoms with van der Waals surface area (Å²) in [5.41, 5.74) is 5.11. The predicted molar refractivity (Wildman–Crippen MR) is 129 cm³/mol. The lowest BCUT2D eigenvalue weighted by molar-refractivity contribution is -0.117. The normalized spacial score (nSPS) is 14.3. The Morgan fingerprint density at radius 1 is 1.26 bits per heavy atom. The summed E-state index contributed by atoms with van der Waals surface area (Å²) in [5.74, 6) is 0.223. The first-order chi connectivity index (χ1) is 16.5. The van der Waals surface area contributed by atoms with Gasteiger partial charge in [-0.25, -0.2) is 9.37 Å². The van der Waals surface area contributed by atoms with Gasteiger partial charge in [-0.1, -0.05) is 6.08 Å². The topological polar surface area (TPSA) is 88.1 Å². The van der Waals surface area contributed by atoms with Crippen molar-refractivity contribution < 1.29 is 13.9 Å². The summed E-state index contributed by atoms with van der Waals surface area (Å²) in [6.45, 7) is 1.75. The number of benzene rings is 1. The molecule has 3 aromatic heterocycles. The van der Waals surface area contributed by atoms with E-state index in [0.29, 0.717) is 30.1 Å². The number of rotatable bonds is 6. The fraction of sp³-hybridized carbons (Fsp3) is 0.240. The van der Waals surface area contributed by atoms with Crippen molar-refractivity contribution in [2.45, 2.75) is 6.42 Å². The van der Waals surface area contributed by atoms with Crippen LogP contribution in [0.2, 0.25) is 0 Å². The average molecular weight is 461 g/mol. The number of ether oxygens (including phenoxy) is 1. The maximum Gasteiger partial charge on any atom is 0.238 e. The predicted octanol–water partition coefficient (Wildman–Crippen LogP) is 3.84. The Labute approximate surface area is 196 Å². The number of aromatic amines is 1. The van der Waals surface area contributed by atoms with Crippen LogP contribution < -0.4 is 10.1 Å². The molecule has 1 amide bonds. The monoisotopic (exact) mass is 460 g/mol. The number of nitrogens with one attached hydrogen (secondary N) is 2. The van der Waals surface area contributed by atoms with E-state index in [4.69, 9.17) is 4.74 Å². The number of hydrogen-bond acceptors (Lipinski definition) is 5. The molecule has 1 aromatic carbocycles. The molecule has 1 aliphatic heterocycles. The molecule has 0 atom stereocenters. The van der Waals surface area contributed by atoms with Gasteiger partial charge in [-0.2, -0.15) is 5.10 Å². The molecular formula is C25H25FN6O2. The number of amides is 1. The van der Waals surface area contributed by atoms with Gasteiger partial charge in [0, 0.05) is 49.2 Å². The molecule has 9 heteroatoms. The average Bonchev–Trinajstić information content (AvgIpc) is 3.45. The van der Waals surface area contributed by atoms with E-state index in [1.807, 2.05) is 13.1 Å². The number of anilines is 1. The molecule has 0 spiro atoms. The number of hydrogen-bond donors (Lipinski definition) is 2. The second kappa shape index (κ2) is 9.11. The summed E-state index contributed by atoms with van der Waals surface area (Å²) in [5, 5.41) is 7.84. The number of pyridine rings is 1. The lowest BCUT2D eigenvalue weighted by Gasteiger charge is -2.25. The van der Waals surface area contributed by atoms with Crippen molar-refractivity contribution >= 4 is 28.2 Å². The van der Waals surface area contributed by atoms with E-state index in [0.717, 1.165) is 35.3 Å². The molecule has 0 saturated carbocycles. The highest BCUT2D eigenvalue weighted by Gasteiger charge is 2.19. The van der Waals surface area contributed by atoms with Crippen LogP contribution in [0.1, 0.15) is 12.1 Å². The molecule has 34 heavy (non-hydrogen) atoms. The summed E-state index contributed by atoms with van der Waals surface area (Å²) >= 11 is 0. The third-order valence-corrected chi connectivity index (χ3v) is 5.98. The molecule has 8 nitrogen and oxygen atoms in total. The molecule has 0 fully saturated rings. The number of halogens is 1. The van der Waals surface area contributed by atoms with Crippen molar-refractivity contribution in [1.29, 1.82) is 0 Å². The third-order valence-electron chi connectivity index (χ3n) is 5.98. The van der Waals surface area contributed by atoms with Crippen LogP contribution in [0.25, 0.3) is 27.7 Å². The minimum atomic E-state index is -0.320. The minimum absolute atomic E-state index is 0.0617. The summed E-state index contributed by atoms with van der Waals surface area (Å²) < 4.78 is 21.1. The van der Waals surface area contributed by atoms with Gasteiger partial charge in [0.15, 0.2) is 0 Å². The Bertz CT molecular complexity index is 1390. The summed E-state index contributed by atoms with van der Waals surface area (Å²) in [6, 6.07) is 8.42. The third kappa shape index (κ3) is 4.42. The molecule has 0 unspecified atom stereocenters. The van der Waals surface area contributed by atoms with Crippen molar-refractivity contribution in [1.82, 2.24) is 24.6 Å². The van der Waals surface area contributed by atoms with Crippen molar-refractivity contribution in [3.8, 4) is 16.9 Å². The van der Waals surface area contributed by atoms with Gasteiger partial charge in [0.25, 0.3) is 0 Å². The highest BCUT2D eigenvalue weighted by molar-refractivity contribution is 5.97. The second-order valence-electron chi connectivity index (χ2n) is 8.31. The molecule has 2 N–H and O–H groups in total. The smallest absolute Gasteiger partial charge is 0.238 e. The van der Waals surface area contributed by atoms with Gasteiger partial charge in [0.2, 0.25) is 5.91 Å². The Balaban J connectivity index is 1.34. The summed E-state index contributed by atoms with van der Waals surface area (Å²) in [6.07, 6.45) is 8.03. The Morgan fingerprint density at radius 2 is 2.15 bits per heavy atom. The Hall–Kier alpha value is -3.98. The minimum Gasteiger partial charge on any atom is -0.496 e. The Morgan fingerprint density at radius 3 is 2.88 bits per heavy atom. The van der Waals surface area contributed by atoms with E-state index in [1.165, 1.54) is 17.7 Å². The van der Waals surface area contributed by atoms with Crippen LogP contribution in [0, 0.1) is 5.82 Å². The quantitative estimate of drug-likeness (QED) is 0.457. The second-order valence-corrected chi connectivity index (χ2v) is 8.31. The van der Waals surface area contributed by atoms with E-state index >= 15 is 0 Å². The van der Waals surface area contributed by atoms with Gasteiger partial charge in [-0.3, -0.25) is 14.4 Å². The van der Waals surface area contributed by atoms with Gasteiger partial charge >= 0.3 is 0 Å². The SMILES string of the molecule is COc1ccc(F)cc1-c1ccnc2[nH]c(C3=CCN(CC(=O)Nc4cnn(C)c4)CC3)cc12. The lowest BCUT2D eigenvalue weighted by atomic mass is 10.0. The molecule has 0 saturated heterocycles. The van der Waals surface area contributed by atoms with Crippen molar-refractivity contribution in [2.24, 2.45) is 7.05 Å². The van der Waals surface area contributed by atoms with Crippen molar-refractivity contribution in [3.63, 3.8) is 0 Å². The first-order valence-electron chi connectivity index (χ1n) is 11.0. The largest absolute Gasteiger partial charge is 0.496 e. The van der Waals surface area contributed by atoms with Crippen LogP contribution in [-0.4, -0.2) is 57.3 Å².